The molecule has 2 aromatic rings. The van der Waals surface area contributed by atoms with Gasteiger partial charge in [-0.15, -0.1) is 0 Å². The molecular formula is C15H13ClFIO. The second-order valence-electron chi connectivity index (χ2n) is 4.71. The number of rotatable bonds is 3. The highest BCUT2D eigenvalue weighted by molar-refractivity contribution is 14.1. The quantitative estimate of drug-likeness (QED) is 0.763. The van der Waals surface area contributed by atoms with E-state index in [9.17, 15) is 9.50 Å². The van der Waals surface area contributed by atoms with Crippen LogP contribution in [-0.4, -0.2) is 5.11 Å². The van der Waals surface area contributed by atoms with Gasteiger partial charge in [-0.25, -0.2) is 4.39 Å². The topological polar surface area (TPSA) is 20.2 Å². The molecule has 19 heavy (non-hydrogen) atoms. The summed E-state index contributed by atoms with van der Waals surface area (Å²) in [5.41, 5.74) is 0.485. The molecule has 1 nitrogen and oxygen atoms in total. The molecule has 1 N–H and O–H groups in total. The first-order valence-electron chi connectivity index (χ1n) is 5.81. The molecule has 0 heterocycles. The molecule has 0 aromatic heterocycles. The Morgan fingerprint density at radius 1 is 1.21 bits per heavy atom. The molecule has 0 saturated heterocycles. The summed E-state index contributed by atoms with van der Waals surface area (Å²) >= 11 is 7.86. The molecule has 0 radical (unpaired) electrons. The largest absolute Gasteiger partial charge is 0.385 e. The zero-order chi connectivity index (χ0) is 14.0. The molecule has 0 amide bonds. The van der Waals surface area contributed by atoms with E-state index in [1.165, 1.54) is 12.1 Å². The van der Waals surface area contributed by atoms with Gasteiger partial charge in [0.1, 0.15) is 5.82 Å². The summed E-state index contributed by atoms with van der Waals surface area (Å²) in [4.78, 5) is 0. The predicted molar refractivity (Wildman–Crippen MR) is 83.8 cm³/mol. The van der Waals surface area contributed by atoms with Crippen LogP contribution in [0.4, 0.5) is 4.39 Å². The van der Waals surface area contributed by atoms with Crippen molar-refractivity contribution in [2.75, 3.05) is 0 Å². The highest BCUT2D eigenvalue weighted by atomic mass is 127. The standard InChI is InChI=1S/C15H13ClFIO/c1-15(19,11-3-5-12(18)6-4-11)9-10-2-7-13(16)14(17)8-10/h2-8,19H,9H2,1H3. The molecule has 0 aliphatic heterocycles. The molecule has 4 heteroatoms. The van der Waals surface area contributed by atoms with Crippen LogP contribution in [0.5, 0.6) is 0 Å². The van der Waals surface area contributed by atoms with Crippen LogP contribution in [0.3, 0.4) is 0 Å². The van der Waals surface area contributed by atoms with Gasteiger partial charge in [0, 0.05) is 9.99 Å². The number of hydrogen-bond donors (Lipinski definition) is 1. The summed E-state index contributed by atoms with van der Waals surface area (Å²) in [7, 11) is 0. The maximum Gasteiger partial charge on any atom is 0.142 e. The van der Waals surface area contributed by atoms with Crippen molar-refractivity contribution in [3.8, 4) is 0 Å². The summed E-state index contributed by atoms with van der Waals surface area (Å²) in [5.74, 6) is -0.461. The molecule has 2 aromatic carbocycles. The van der Waals surface area contributed by atoms with Crippen molar-refractivity contribution in [3.63, 3.8) is 0 Å². The maximum atomic E-state index is 13.4. The lowest BCUT2D eigenvalue weighted by Crippen LogP contribution is -2.24. The van der Waals surface area contributed by atoms with E-state index in [-0.39, 0.29) is 5.02 Å². The van der Waals surface area contributed by atoms with Gasteiger partial charge in [0.15, 0.2) is 0 Å². The fourth-order valence-electron chi connectivity index (χ4n) is 1.96. The summed E-state index contributed by atoms with van der Waals surface area (Å²) in [6, 6.07) is 12.2. The van der Waals surface area contributed by atoms with Crippen molar-refractivity contribution in [3.05, 3.63) is 68.0 Å². The van der Waals surface area contributed by atoms with Crippen LogP contribution in [0.15, 0.2) is 42.5 Å². The molecule has 0 aliphatic carbocycles. The van der Waals surface area contributed by atoms with Crippen molar-refractivity contribution in [1.82, 2.24) is 0 Å². The molecule has 0 bridgehead atoms. The van der Waals surface area contributed by atoms with Crippen LogP contribution in [0.1, 0.15) is 18.1 Å². The van der Waals surface area contributed by atoms with Crippen LogP contribution < -0.4 is 0 Å². The van der Waals surface area contributed by atoms with Crippen molar-refractivity contribution >= 4 is 34.2 Å². The molecule has 0 fully saturated rings. The lowest BCUT2D eigenvalue weighted by atomic mass is 9.89. The third kappa shape index (κ3) is 3.68. The van der Waals surface area contributed by atoms with Gasteiger partial charge in [-0.3, -0.25) is 0 Å². The van der Waals surface area contributed by atoms with Crippen LogP contribution >= 0.6 is 34.2 Å². The van der Waals surface area contributed by atoms with Crippen LogP contribution in [0.25, 0.3) is 0 Å². The van der Waals surface area contributed by atoms with Crippen LogP contribution in [0, 0.1) is 9.39 Å². The molecule has 1 atom stereocenters. The molecule has 2 rings (SSSR count). The van der Waals surface area contributed by atoms with E-state index in [1.54, 1.807) is 13.0 Å². The Morgan fingerprint density at radius 2 is 1.84 bits per heavy atom. The Bertz CT molecular complexity index is 581. The minimum Gasteiger partial charge on any atom is -0.385 e. The smallest absolute Gasteiger partial charge is 0.142 e. The average Bonchev–Trinajstić information content (AvgIpc) is 2.34. The first-order chi connectivity index (χ1) is 8.88. The van der Waals surface area contributed by atoms with Crippen molar-refractivity contribution < 1.29 is 9.50 Å². The third-order valence-electron chi connectivity index (χ3n) is 3.00. The monoisotopic (exact) mass is 390 g/mol. The molecule has 0 saturated carbocycles. The Balaban J connectivity index is 2.25. The highest BCUT2D eigenvalue weighted by Crippen LogP contribution is 2.27. The lowest BCUT2D eigenvalue weighted by molar-refractivity contribution is 0.0575. The van der Waals surface area contributed by atoms with Crippen molar-refractivity contribution in [1.29, 1.82) is 0 Å². The van der Waals surface area contributed by atoms with E-state index in [0.29, 0.717) is 12.0 Å². The summed E-state index contributed by atoms with van der Waals surface area (Å²) < 4.78 is 14.5. The average molecular weight is 391 g/mol. The zero-order valence-electron chi connectivity index (χ0n) is 10.3. The summed E-state index contributed by atoms with van der Waals surface area (Å²) in [5, 5.41) is 10.6. The van der Waals surface area contributed by atoms with Gasteiger partial charge in [0.2, 0.25) is 0 Å². The van der Waals surface area contributed by atoms with Gasteiger partial charge in [-0.1, -0.05) is 29.8 Å². The Morgan fingerprint density at radius 3 is 2.42 bits per heavy atom. The third-order valence-corrected chi connectivity index (χ3v) is 4.02. The molecular weight excluding hydrogens is 378 g/mol. The number of hydrogen-bond acceptors (Lipinski definition) is 1. The second-order valence-corrected chi connectivity index (χ2v) is 6.36. The van der Waals surface area contributed by atoms with E-state index >= 15 is 0 Å². The zero-order valence-corrected chi connectivity index (χ0v) is 13.2. The molecule has 0 spiro atoms. The Hall–Kier alpha value is -0.650. The van der Waals surface area contributed by atoms with Gasteiger partial charge in [-0.05, 0) is 64.9 Å². The van der Waals surface area contributed by atoms with Crippen LogP contribution in [-0.2, 0) is 12.0 Å². The minimum absolute atomic E-state index is 0.0951. The second kappa shape index (κ2) is 5.77. The summed E-state index contributed by atoms with van der Waals surface area (Å²) in [6.07, 6.45) is 0.335. The van der Waals surface area contributed by atoms with E-state index in [2.05, 4.69) is 22.6 Å². The maximum absolute atomic E-state index is 13.4. The predicted octanol–water partition coefficient (Wildman–Crippen LogP) is 4.53. The fraction of sp³-hybridized carbons (Fsp3) is 0.200. The Labute approximate surface area is 130 Å². The first-order valence-corrected chi connectivity index (χ1v) is 7.26. The lowest BCUT2D eigenvalue weighted by Gasteiger charge is -2.24. The van der Waals surface area contributed by atoms with Gasteiger partial charge in [0.25, 0.3) is 0 Å². The number of benzene rings is 2. The molecule has 1 unspecified atom stereocenters. The van der Waals surface area contributed by atoms with E-state index < -0.39 is 11.4 Å². The SMILES string of the molecule is CC(O)(Cc1ccc(Cl)c(F)c1)c1ccc(I)cc1. The fourth-order valence-corrected chi connectivity index (χ4v) is 2.44. The Kier molecular flexibility index (Phi) is 4.48. The van der Waals surface area contributed by atoms with E-state index in [1.807, 2.05) is 24.3 Å². The number of halogens is 3. The minimum atomic E-state index is -1.04. The van der Waals surface area contributed by atoms with Gasteiger partial charge in [-0.2, -0.15) is 0 Å². The van der Waals surface area contributed by atoms with Gasteiger partial charge >= 0.3 is 0 Å². The molecule has 0 aliphatic rings. The van der Waals surface area contributed by atoms with Crippen LogP contribution in [0.2, 0.25) is 5.02 Å². The van der Waals surface area contributed by atoms with Crippen molar-refractivity contribution in [2.24, 2.45) is 0 Å². The van der Waals surface area contributed by atoms with Crippen molar-refractivity contribution in [2.45, 2.75) is 18.9 Å². The first kappa shape index (κ1) is 14.8. The normalized spacial score (nSPS) is 14.2. The number of aliphatic hydroxyl groups is 1. The van der Waals surface area contributed by atoms with E-state index in [0.717, 1.165) is 9.13 Å². The molecule has 100 valence electrons. The van der Waals surface area contributed by atoms with Gasteiger partial charge < -0.3 is 5.11 Å². The summed E-state index contributed by atoms with van der Waals surface area (Å²) in [6.45, 7) is 1.72. The highest BCUT2D eigenvalue weighted by Gasteiger charge is 2.23. The van der Waals surface area contributed by atoms with Gasteiger partial charge in [0.05, 0.1) is 10.6 Å². The van der Waals surface area contributed by atoms with E-state index in [4.69, 9.17) is 11.6 Å².